The predicted molar refractivity (Wildman–Crippen MR) is 106 cm³/mol. The number of hydrogen-bond acceptors (Lipinski definition) is 6. The van der Waals surface area contributed by atoms with Gasteiger partial charge in [-0.15, -0.1) is 10.2 Å². The lowest BCUT2D eigenvalue weighted by Crippen LogP contribution is -2.20. The standard InChI is InChI=1S/C19H18FN3O2S2/c1-12-7-8-16(13(2)9-12)25-10-17(24)21-18-22-23-19(27-18)26-11-14-5-3-4-6-15(14)20/h3-9H,10-11H2,1-2H3,(H,21,22,24). The molecule has 5 nitrogen and oxygen atoms in total. The zero-order valence-corrected chi connectivity index (χ0v) is 16.5. The van der Waals surface area contributed by atoms with E-state index in [0.29, 0.717) is 26.5 Å². The number of aryl methyl sites for hydroxylation is 2. The van der Waals surface area contributed by atoms with Crippen LogP contribution in [-0.2, 0) is 10.5 Å². The zero-order valence-electron chi connectivity index (χ0n) is 14.9. The molecule has 3 rings (SSSR count). The Labute approximate surface area is 165 Å². The summed E-state index contributed by atoms with van der Waals surface area (Å²) < 4.78 is 19.8. The summed E-state index contributed by atoms with van der Waals surface area (Å²) in [4.78, 5) is 12.0. The summed E-state index contributed by atoms with van der Waals surface area (Å²) in [5, 5.41) is 11.0. The minimum Gasteiger partial charge on any atom is -0.483 e. The molecular weight excluding hydrogens is 385 g/mol. The van der Waals surface area contributed by atoms with Crippen molar-refractivity contribution in [1.82, 2.24) is 10.2 Å². The van der Waals surface area contributed by atoms with Crippen molar-refractivity contribution in [3.05, 3.63) is 65.0 Å². The maximum atomic E-state index is 13.6. The van der Waals surface area contributed by atoms with Crippen molar-refractivity contribution in [2.45, 2.75) is 23.9 Å². The molecule has 27 heavy (non-hydrogen) atoms. The fourth-order valence-corrected chi connectivity index (χ4v) is 4.09. The number of amides is 1. The molecule has 0 saturated carbocycles. The summed E-state index contributed by atoms with van der Waals surface area (Å²) in [5.74, 6) is 0.572. The van der Waals surface area contributed by atoms with Gasteiger partial charge in [0.25, 0.3) is 5.91 Å². The zero-order chi connectivity index (χ0) is 19.2. The highest BCUT2D eigenvalue weighted by molar-refractivity contribution is 8.00. The maximum Gasteiger partial charge on any atom is 0.264 e. The van der Waals surface area contributed by atoms with Gasteiger partial charge < -0.3 is 4.74 Å². The average Bonchev–Trinajstić information content (AvgIpc) is 3.07. The first-order valence-electron chi connectivity index (χ1n) is 8.21. The van der Waals surface area contributed by atoms with Crippen LogP contribution in [0.3, 0.4) is 0 Å². The van der Waals surface area contributed by atoms with Gasteiger partial charge in [0.1, 0.15) is 11.6 Å². The number of carbonyl (C=O) groups is 1. The van der Waals surface area contributed by atoms with Gasteiger partial charge in [-0.1, -0.05) is 59.0 Å². The fourth-order valence-electron chi connectivity index (χ4n) is 2.33. The number of thioether (sulfide) groups is 1. The van der Waals surface area contributed by atoms with E-state index in [9.17, 15) is 9.18 Å². The third-order valence-electron chi connectivity index (χ3n) is 3.65. The summed E-state index contributed by atoms with van der Waals surface area (Å²) >= 11 is 2.62. The van der Waals surface area contributed by atoms with Gasteiger partial charge in [-0.05, 0) is 37.1 Å². The van der Waals surface area contributed by atoms with Crippen LogP contribution >= 0.6 is 23.1 Å². The number of aromatic nitrogens is 2. The molecule has 140 valence electrons. The molecule has 0 aliphatic heterocycles. The summed E-state index contributed by atoms with van der Waals surface area (Å²) in [6.07, 6.45) is 0. The number of nitrogens with zero attached hydrogens (tertiary/aromatic N) is 2. The van der Waals surface area contributed by atoms with Crippen LogP contribution in [0.1, 0.15) is 16.7 Å². The lowest BCUT2D eigenvalue weighted by molar-refractivity contribution is -0.118. The summed E-state index contributed by atoms with van der Waals surface area (Å²) in [5.41, 5.74) is 2.72. The molecule has 0 unspecified atom stereocenters. The molecule has 0 aliphatic carbocycles. The molecule has 1 amide bonds. The second kappa shape index (κ2) is 8.96. The first kappa shape index (κ1) is 19.3. The predicted octanol–water partition coefficient (Wildman–Crippen LogP) is 4.60. The Kier molecular flexibility index (Phi) is 6.41. The molecule has 2 aromatic carbocycles. The van der Waals surface area contributed by atoms with Gasteiger partial charge >= 0.3 is 0 Å². The lowest BCUT2D eigenvalue weighted by Gasteiger charge is -2.09. The molecule has 1 heterocycles. The van der Waals surface area contributed by atoms with Gasteiger partial charge in [-0.2, -0.15) is 0 Å². The largest absolute Gasteiger partial charge is 0.483 e. The van der Waals surface area contributed by atoms with E-state index in [2.05, 4.69) is 15.5 Å². The van der Waals surface area contributed by atoms with Crippen LogP contribution in [0, 0.1) is 19.7 Å². The number of benzene rings is 2. The Balaban J connectivity index is 1.49. The Hall–Kier alpha value is -2.45. The number of nitrogens with one attached hydrogen (secondary N) is 1. The molecule has 0 atom stereocenters. The van der Waals surface area contributed by atoms with E-state index in [-0.39, 0.29) is 18.3 Å². The minimum absolute atomic E-state index is 0.110. The van der Waals surface area contributed by atoms with Crippen molar-refractivity contribution < 1.29 is 13.9 Å². The van der Waals surface area contributed by atoms with Crippen molar-refractivity contribution in [1.29, 1.82) is 0 Å². The molecule has 0 bridgehead atoms. The molecule has 8 heteroatoms. The number of rotatable bonds is 7. The second-order valence-corrected chi connectivity index (χ2v) is 8.06. The molecule has 3 aromatic rings. The molecule has 0 radical (unpaired) electrons. The third-order valence-corrected chi connectivity index (χ3v) is 5.67. The highest BCUT2D eigenvalue weighted by Crippen LogP contribution is 2.29. The van der Waals surface area contributed by atoms with E-state index in [1.165, 1.54) is 29.2 Å². The van der Waals surface area contributed by atoms with Crippen LogP contribution in [-0.4, -0.2) is 22.7 Å². The van der Waals surface area contributed by atoms with Gasteiger partial charge in [0.15, 0.2) is 10.9 Å². The minimum atomic E-state index is -0.309. The van der Waals surface area contributed by atoms with Crippen LogP contribution in [0.5, 0.6) is 5.75 Å². The Morgan fingerprint density at radius 2 is 2.04 bits per heavy atom. The smallest absolute Gasteiger partial charge is 0.264 e. The van der Waals surface area contributed by atoms with Crippen molar-refractivity contribution >= 4 is 34.1 Å². The van der Waals surface area contributed by atoms with Crippen LogP contribution in [0.2, 0.25) is 0 Å². The van der Waals surface area contributed by atoms with Crippen LogP contribution in [0.4, 0.5) is 9.52 Å². The van der Waals surface area contributed by atoms with Gasteiger partial charge in [-0.25, -0.2) is 4.39 Å². The molecule has 1 aromatic heterocycles. The molecule has 0 aliphatic rings. The molecule has 1 N–H and O–H groups in total. The first-order valence-corrected chi connectivity index (χ1v) is 10.0. The number of anilines is 1. The normalized spacial score (nSPS) is 10.6. The fraction of sp³-hybridized carbons (Fsp3) is 0.211. The van der Waals surface area contributed by atoms with E-state index in [4.69, 9.17) is 4.74 Å². The Morgan fingerprint density at radius 1 is 1.22 bits per heavy atom. The van der Waals surface area contributed by atoms with Crippen molar-refractivity contribution in [3.8, 4) is 5.75 Å². The molecular formula is C19H18FN3O2S2. The van der Waals surface area contributed by atoms with Gasteiger partial charge in [-0.3, -0.25) is 10.1 Å². The van der Waals surface area contributed by atoms with Gasteiger partial charge in [0.2, 0.25) is 5.13 Å². The highest BCUT2D eigenvalue weighted by atomic mass is 32.2. The van der Waals surface area contributed by atoms with E-state index < -0.39 is 0 Å². The van der Waals surface area contributed by atoms with Gasteiger partial charge in [0, 0.05) is 5.75 Å². The number of halogens is 1. The van der Waals surface area contributed by atoms with Crippen molar-refractivity contribution in [2.24, 2.45) is 0 Å². The second-order valence-electron chi connectivity index (χ2n) is 5.86. The Bertz CT molecular complexity index is 946. The topological polar surface area (TPSA) is 64.1 Å². The molecule has 0 saturated heterocycles. The third kappa shape index (κ3) is 5.51. The van der Waals surface area contributed by atoms with E-state index >= 15 is 0 Å². The van der Waals surface area contributed by atoms with E-state index in [0.717, 1.165) is 11.1 Å². The summed E-state index contributed by atoms with van der Waals surface area (Å²) in [7, 11) is 0. The molecule has 0 spiro atoms. The summed E-state index contributed by atoms with van der Waals surface area (Å²) in [6.45, 7) is 3.83. The number of carbonyl (C=O) groups excluding carboxylic acids is 1. The monoisotopic (exact) mass is 403 g/mol. The van der Waals surface area contributed by atoms with Crippen LogP contribution < -0.4 is 10.1 Å². The number of hydrogen-bond donors (Lipinski definition) is 1. The van der Waals surface area contributed by atoms with Crippen LogP contribution in [0.25, 0.3) is 0 Å². The SMILES string of the molecule is Cc1ccc(OCC(=O)Nc2nnc(SCc3ccccc3F)s2)c(C)c1. The van der Waals surface area contributed by atoms with Crippen molar-refractivity contribution in [2.75, 3.05) is 11.9 Å². The number of ether oxygens (including phenoxy) is 1. The highest BCUT2D eigenvalue weighted by Gasteiger charge is 2.11. The van der Waals surface area contributed by atoms with Crippen LogP contribution in [0.15, 0.2) is 46.8 Å². The summed E-state index contributed by atoms with van der Waals surface area (Å²) in [6, 6.07) is 12.4. The Morgan fingerprint density at radius 3 is 2.81 bits per heavy atom. The molecule has 0 fully saturated rings. The lowest BCUT2D eigenvalue weighted by atomic mass is 10.1. The van der Waals surface area contributed by atoms with E-state index in [1.54, 1.807) is 18.2 Å². The first-order chi connectivity index (χ1) is 13.0. The maximum absolute atomic E-state index is 13.6. The quantitative estimate of drug-likeness (QED) is 0.461. The van der Waals surface area contributed by atoms with Crippen molar-refractivity contribution in [3.63, 3.8) is 0 Å². The van der Waals surface area contributed by atoms with Gasteiger partial charge in [0.05, 0.1) is 0 Å². The van der Waals surface area contributed by atoms with E-state index in [1.807, 2.05) is 32.0 Å². The average molecular weight is 404 g/mol.